The summed E-state index contributed by atoms with van der Waals surface area (Å²) in [6.07, 6.45) is 1.86. The lowest BCUT2D eigenvalue weighted by atomic mass is 9.95. The molecule has 1 aliphatic rings. The fourth-order valence-corrected chi connectivity index (χ4v) is 3.33. The number of furan rings is 1. The van der Waals surface area contributed by atoms with Gasteiger partial charge >= 0.3 is 5.97 Å². The molecule has 1 aliphatic heterocycles. The molecule has 0 aliphatic carbocycles. The number of aromatic carboxylic acids is 1. The standard InChI is InChI=1S/C16H14BrNO4/c1-9-4-12(17)5-10-2-3-18(7-13(9)10)15(19)14-6-11(8-22-14)16(20)21/h4-6,8H,2-3,7H2,1H3,(H,20,21). The molecule has 22 heavy (non-hydrogen) atoms. The molecule has 2 heterocycles. The van der Waals surface area contributed by atoms with Gasteiger partial charge in [-0.2, -0.15) is 0 Å². The van der Waals surface area contributed by atoms with Gasteiger partial charge in [-0.15, -0.1) is 0 Å². The highest BCUT2D eigenvalue weighted by Gasteiger charge is 2.25. The van der Waals surface area contributed by atoms with Crippen LogP contribution >= 0.6 is 15.9 Å². The summed E-state index contributed by atoms with van der Waals surface area (Å²) in [5, 5.41) is 8.89. The van der Waals surface area contributed by atoms with Crippen LogP contribution in [-0.4, -0.2) is 28.4 Å². The highest BCUT2D eigenvalue weighted by atomic mass is 79.9. The first-order valence-electron chi connectivity index (χ1n) is 6.84. The molecule has 0 saturated carbocycles. The van der Waals surface area contributed by atoms with E-state index >= 15 is 0 Å². The van der Waals surface area contributed by atoms with Gasteiger partial charge in [0.2, 0.25) is 0 Å². The van der Waals surface area contributed by atoms with Gasteiger partial charge in [0, 0.05) is 23.6 Å². The highest BCUT2D eigenvalue weighted by Crippen LogP contribution is 2.27. The first-order chi connectivity index (χ1) is 10.5. The number of halogens is 1. The Morgan fingerprint density at radius 2 is 2.09 bits per heavy atom. The Hall–Kier alpha value is -2.08. The van der Waals surface area contributed by atoms with Crippen molar-refractivity contribution >= 4 is 27.8 Å². The van der Waals surface area contributed by atoms with Crippen LogP contribution in [0.2, 0.25) is 0 Å². The van der Waals surface area contributed by atoms with E-state index < -0.39 is 5.97 Å². The van der Waals surface area contributed by atoms with E-state index in [1.807, 2.05) is 13.0 Å². The molecule has 1 N–H and O–H groups in total. The number of carboxylic acid groups (broad SMARTS) is 1. The average molecular weight is 364 g/mol. The summed E-state index contributed by atoms with van der Waals surface area (Å²) >= 11 is 3.49. The van der Waals surface area contributed by atoms with Crippen LogP contribution in [0, 0.1) is 6.92 Å². The van der Waals surface area contributed by atoms with Gasteiger partial charge in [-0.1, -0.05) is 15.9 Å². The number of aryl methyl sites for hydroxylation is 1. The molecule has 0 fully saturated rings. The minimum atomic E-state index is -1.10. The Balaban J connectivity index is 1.84. The predicted molar refractivity (Wildman–Crippen MR) is 83.0 cm³/mol. The van der Waals surface area contributed by atoms with Crippen molar-refractivity contribution in [2.24, 2.45) is 0 Å². The number of nitrogens with zero attached hydrogens (tertiary/aromatic N) is 1. The third-order valence-electron chi connectivity index (χ3n) is 3.87. The number of benzene rings is 1. The van der Waals surface area contributed by atoms with Crippen LogP contribution in [0.15, 0.2) is 33.4 Å². The summed E-state index contributed by atoms with van der Waals surface area (Å²) in [7, 11) is 0. The summed E-state index contributed by atoms with van der Waals surface area (Å²) in [5.41, 5.74) is 3.50. The van der Waals surface area contributed by atoms with E-state index in [1.54, 1.807) is 4.90 Å². The number of rotatable bonds is 2. The minimum absolute atomic E-state index is 0.0131. The third-order valence-corrected chi connectivity index (χ3v) is 4.33. The molecule has 0 saturated heterocycles. The maximum atomic E-state index is 12.5. The van der Waals surface area contributed by atoms with Crippen molar-refractivity contribution in [3.8, 4) is 0 Å². The lowest BCUT2D eigenvalue weighted by Crippen LogP contribution is -2.36. The molecule has 6 heteroatoms. The fraction of sp³-hybridized carbons (Fsp3) is 0.250. The van der Waals surface area contributed by atoms with Crippen LogP contribution in [0.25, 0.3) is 0 Å². The summed E-state index contributed by atoms with van der Waals surface area (Å²) in [5.74, 6) is -1.32. The van der Waals surface area contributed by atoms with Crippen molar-refractivity contribution in [2.45, 2.75) is 19.9 Å². The number of carbonyl (C=O) groups is 2. The highest BCUT2D eigenvalue weighted by molar-refractivity contribution is 9.10. The second-order valence-corrected chi connectivity index (χ2v) is 6.26. The maximum absolute atomic E-state index is 12.5. The maximum Gasteiger partial charge on any atom is 0.338 e. The van der Waals surface area contributed by atoms with E-state index in [1.165, 1.54) is 11.6 Å². The molecule has 2 aromatic rings. The van der Waals surface area contributed by atoms with Gasteiger partial charge < -0.3 is 14.4 Å². The lowest BCUT2D eigenvalue weighted by molar-refractivity contribution is 0.0690. The number of fused-ring (bicyclic) bond motifs is 1. The zero-order chi connectivity index (χ0) is 15.9. The number of hydrogen-bond donors (Lipinski definition) is 1. The summed E-state index contributed by atoms with van der Waals surface area (Å²) < 4.78 is 6.14. The summed E-state index contributed by atoms with van der Waals surface area (Å²) in [6.45, 7) is 3.12. The molecular formula is C16H14BrNO4. The van der Waals surface area contributed by atoms with Gasteiger partial charge in [0.15, 0.2) is 5.76 Å². The minimum Gasteiger partial charge on any atom is -0.478 e. The molecule has 3 rings (SSSR count). The normalized spacial score (nSPS) is 13.8. The molecular weight excluding hydrogens is 350 g/mol. The first kappa shape index (κ1) is 14.8. The van der Waals surface area contributed by atoms with Gasteiger partial charge in [0.1, 0.15) is 6.26 Å². The molecule has 1 aromatic carbocycles. The van der Waals surface area contributed by atoms with Crippen LogP contribution in [0.3, 0.4) is 0 Å². The molecule has 1 aromatic heterocycles. The van der Waals surface area contributed by atoms with Crippen LogP contribution in [0.1, 0.15) is 37.6 Å². The zero-order valence-electron chi connectivity index (χ0n) is 11.9. The number of carboxylic acids is 1. The third kappa shape index (κ3) is 2.66. The molecule has 1 amide bonds. The Bertz CT molecular complexity index is 766. The molecule has 0 spiro atoms. The molecule has 0 radical (unpaired) electrons. The van der Waals surface area contributed by atoms with Gasteiger partial charge in [0.05, 0.1) is 5.56 Å². The van der Waals surface area contributed by atoms with E-state index in [0.29, 0.717) is 13.1 Å². The van der Waals surface area contributed by atoms with Gasteiger partial charge in [-0.05, 0) is 42.2 Å². The van der Waals surface area contributed by atoms with Crippen molar-refractivity contribution < 1.29 is 19.1 Å². The van der Waals surface area contributed by atoms with Crippen molar-refractivity contribution in [1.82, 2.24) is 4.90 Å². The van der Waals surface area contributed by atoms with Crippen LogP contribution in [0.5, 0.6) is 0 Å². The van der Waals surface area contributed by atoms with Gasteiger partial charge in [-0.3, -0.25) is 4.79 Å². The van der Waals surface area contributed by atoms with Crippen LogP contribution in [-0.2, 0) is 13.0 Å². The number of amides is 1. The molecule has 0 atom stereocenters. The molecule has 0 unspecified atom stereocenters. The van der Waals surface area contributed by atoms with E-state index in [4.69, 9.17) is 9.52 Å². The summed E-state index contributed by atoms with van der Waals surface area (Å²) in [4.78, 5) is 25.0. The van der Waals surface area contributed by atoms with Crippen molar-refractivity contribution in [3.63, 3.8) is 0 Å². The van der Waals surface area contributed by atoms with E-state index in [9.17, 15) is 9.59 Å². The topological polar surface area (TPSA) is 70.8 Å². The Kier molecular flexibility index (Phi) is 3.78. The van der Waals surface area contributed by atoms with Gasteiger partial charge in [0.25, 0.3) is 5.91 Å². The molecule has 5 nitrogen and oxygen atoms in total. The Morgan fingerprint density at radius 1 is 1.32 bits per heavy atom. The average Bonchev–Trinajstić information content (AvgIpc) is 2.96. The number of hydrogen-bond acceptors (Lipinski definition) is 3. The second kappa shape index (κ2) is 5.61. The second-order valence-electron chi connectivity index (χ2n) is 5.34. The van der Waals surface area contributed by atoms with Crippen LogP contribution < -0.4 is 0 Å². The predicted octanol–water partition coefficient (Wildman–Crippen LogP) is 3.25. The van der Waals surface area contributed by atoms with E-state index in [2.05, 4.69) is 22.0 Å². The summed E-state index contributed by atoms with van der Waals surface area (Å²) in [6, 6.07) is 5.39. The van der Waals surface area contributed by atoms with Crippen molar-refractivity contribution in [1.29, 1.82) is 0 Å². The Morgan fingerprint density at radius 3 is 2.77 bits per heavy atom. The van der Waals surface area contributed by atoms with Gasteiger partial charge in [-0.25, -0.2) is 4.79 Å². The largest absolute Gasteiger partial charge is 0.478 e. The van der Waals surface area contributed by atoms with Crippen molar-refractivity contribution in [2.75, 3.05) is 6.54 Å². The molecule has 0 bridgehead atoms. The number of carbonyl (C=O) groups excluding carboxylic acids is 1. The monoisotopic (exact) mass is 363 g/mol. The Labute approximate surface area is 135 Å². The lowest BCUT2D eigenvalue weighted by Gasteiger charge is -2.29. The smallest absolute Gasteiger partial charge is 0.338 e. The zero-order valence-corrected chi connectivity index (χ0v) is 13.5. The van der Waals surface area contributed by atoms with E-state index in [0.717, 1.165) is 28.3 Å². The first-order valence-corrected chi connectivity index (χ1v) is 7.64. The quantitative estimate of drug-likeness (QED) is 0.888. The van der Waals surface area contributed by atoms with Crippen molar-refractivity contribution in [3.05, 3.63) is 56.9 Å². The van der Waals surface area contributed by atoms with E-state index in [-0.39, 0.29) is 17.2 Å². The fourth-order valence-electron chi connectivity index (χ4n) is 2.71. The molecule has 114 valence electrons. The SMILES string of the molecule is Cc1cc(Br)cc2c1CN(C(=O)c1cc(C(=O)O)co1)CC2. The van der Waals surface area contributed by atoms with Crippen LogP contribution in [0.4, 0.5) is 0 Å².